The molecule has 1 amide bonds. The summed E-state index contributed by atoms with van der Waals surface area (Å²) in [4.78, 5) is 11.5. The third kappa shape index (κ3) is 3.28. The van der Waals surface area contributed by atoms with E-state index in [1.165, 1.54) is 12.1 Å². The third-order valence-corrected chi connectivity index (χ3v) is 3.53. The molecule has 100 valence electrons. The molecule has 6 nitrogen and oxygen atoms in total. The lowest BCUT2D eigenvalue weighted by molar-refractivity contribution is -0.117. The molecule has 0 saturated heterocycles. The average molecular weight is 271 g/mol. The minimum Gasteiger partial charge on any atom is -0.324 e. The first-order valence-corrected chi connectivity index (χ1v) is 6.88. The number of anilines is 1. The summed E-state index contributed by atoms with van der Waals surface area (Å²) >= 11 is 0. The number of sulfonamides is 1. The van der Waals surface area contributed by atoms with Gasteiger partial charge in [-0.2, -0.15) is 0 Å². The van der Waals surface area contributed by atoms with Crippen LogP contribution in [0.2, 0.25) is 0 Å². The standard InChI is InChI=1S/C11H17N3O3S/c1-6-4-9(18(13,16)17)5-10(7(6)2)14-11(15)8(3)12/h4-5,8H,12H2,1-3H3,(H,14,15)(H2,13,16,17)/t8-/m0/s1. The number of hydrogen-bond donors (Lipinski definition) is 3. The van der Waals surface area contributed by atoms with E-state index in [-0.39, 0.29) is 10.8 Å². The Morgan fingerprint density at radius 2 is 1.89 bits per heavy atom. The predicted octanol–water partition coefficient (Wildman–Crippen LogP) is 0.237. The Morgan fingerprint density at radius 3 is 2.33 bits per heavy atom. The fraction of sp³-hybridized carbons (Fsp3) is 0.364. The smallest absolute Gasteiger partial charge is 0.241 e. The van der Waals surface area contributed by atoms with Gasteiger partial charge in [0.05, 0.1) is 10.9 Å². The van der Waals surface area contributed by atoms with Crippen LogP contribution in [0.5, 0.6) is 0 Å². The molecule has 0 bridgehead atoms. The second-order valence-electron chi connectivity index (χ2n) is 4.24. The third-order valence-electron chi connectivity index (χ3n) is 2.64. The predicted molar refractivity (Wildman–Crippen MR) is 69.6 cm³/mol. The minimum atomic E-state index is -3.80. The quantitative estimate of drug-likeness (QED) is 0.730. The number of rotatable bonds is 3. The van der Waals surface area contributed by atoms with E-state index in [2.05, 4.69) is 5.32 Å². The zero-order valence-corrected chi connectivity index (χ0v) is 11.3. The van der Waals surface area contributed by atoms with Crippen molar-refractivity contribution in [3.05, 3.63) is 23.3 Å². The lowest BCUT2D eigenvalue weighted by Crippen LogP contribution is -2.32. The van der Waals surface area contributed by atoms with Crippen LogP contribution in [0.1, 0.15) is 18.1 Å². The molecule has 1 atom stereocenters. The molecule has 0 fully saturated rings. The highest BCUT2D eigenvalue weighted by molar-refractivity contribution is 7.89. The molecule has 7 heteroatoms. The van der Waals surface area contributed by atoms with Crippen LogP contribution in [0.4, 0.5) is 5.69 Å². The lowest BCUT2D eigenvalue weighted by atomic mass is 10.1. The highest BCUT2D eigenvalue weighted by Gasteiger charge is 2.15. The van der Waals surface area contributed by atoms with Gasteiger partial charge in [0.25, 0.3) is 0 Å². The Bertz CT molecular complexity index is 579. The second-order valence-corrected chi connectivity index (χ2v) is 5.80. The van der Waals surface area contributed by atoms with E-state index in [9.17, 15) is 13.2 Å². The summed E-state index contributed by atoms with van der Waals surface area (Å²) in [6.45, 7) is 5.06. The molecule has 1 rings (SSSR count). The van der Waals surface area contributed by atoms with Crippen LogP contribution in [-0.2, 0) is 14.8 Å². The SMILES string of the molecule is Cc1cc(S(N)(=O)=O)cc(NC(=O)[C@H](C)N)c1C. The summed E-state index contributed by atoms with van der Waals surface area (Å²) in [5, 5.41) is 7.65. The zero-order valence-electron chi connectivity index (χ0n) is 10.5. The van der Waals surface area contributed by atoms with E-state index < -0.39 is 16.1 Å². The van der Waals surface area contributed by atoms with Gasteiger partial charge < -0.3 is 11.1 Å². The Labute approximate surface area is 106 Å². The summed E-state index contributed by atoms with van der Waals surface area (Å²) in [5.41, 5.74) is 7.34. The average Bonchev–Trinajstić information content (AvgIpc) is 2.22. The van der Waals surface area contributed by atoms with E-state index in [1.54, 1.807) is 20.8 Å². The monoisotopic (exact) mass is 271 g/mol. The van der Waals surface area contributed by atoms with Gasteiger partial charge >= 0.3 is 0 Å². The first-order valence-electron chi connectivity index (χ1n) is 5.33. The highest BCUT2D eigenvalue weighted by Crippen LogP contribution is 2.23. The van der Waals surface area contributed by atoms with Gasteiger partial charge in [0, 0.05) is 5.69 Å². The summed E-state index contributed by atoms with van der Waals surface area (Å²) < 4.78 is 22.6. The summed E-state index contributed by atoms with van der Waals surface area (Å²) in [5.74, 6) is -0.385. The molecule has 0 aliphatic rings. The molecular formula is C11H17N3O3S. The topological polar surface area (TPSA) is 115 Å². The van der Waals surface area contributed by atoms with Crippen molar-refractivity contribution in [1.29, 1.82) is 0 Å². The van der Waals surface area contributed by atoms with Crippen molar-refractivity contribution in [2.24, 2.45) is 10.9 Å². The Balaban J connectivity index is 3.28. The first-order chi connectivity index (χ1) is 8.12. The minimum absolute atomic E-state index is 0.0365. The van der Waals surface area contributed by atoms with E-state index in [0.29, 0.717) is 5.69 Å². The number of hydrogen-bond acceptors (Lipinski definition) is 4. The molecule has 5 N–H and O–H groups in total. The Kier molecular flexibility index (Phi) is 4.10. The van der Waals surface area contributed by atoms with Crippen molar-refractivity contribution in [2.45, 2.75) is 31.7 Å². The van der Waals surface area contributed by atoms with Crippen molar-refractivity contribution in [3.63, 3.8) is 0 Å². The molecule has 0 aromatic heterocycles. The fourth-order valence-corrected chi connectivity index (χ4v) is 1.99. The van der Waals surface area contributed by atoms with Crippen molar-refractivity contribution in [1.82, 2.24) is 0 Å². The van der Waals surface area contributed by atoms with Crippen LogP contribution in [0, 0.1) is 13.8 Å². The van der Waals surface area contributed by atoms with Crippen molar-refractivity contribution in [3.8, 4) is 0 Å². The largest absolute Gasteiger partial charge is 0.324 e. The molecule has 0 spiro atoms. The lowest BCUT2D eigenvalue weighted by Gasteiger charge is -2.13. The number of carbonyl (C=O) groups excluding carboxylic acids is 1. The maximum atomic E-state index is 11.5. The number of nitrogens with one attached hydrogen (secondary N) is 1. The number of amides is 1. The highest BCUT2D eigenvalue weighted by atomic mass is 32.2. The summed E-state index contributed by atoms with van der Waals surface area (Å²) in [6, 6.07) is 2.12. The molecule has 0 unspecified atom stereocenters. The van der Waals surface area contributed by atoms with Gasteiger partial charge in [-0.1, -0.05) is 0 Å². The maximum Gasteiger partial charge on any atom is 0.241 e. The van der Waals surface area contributed by atoms with Gasteiger partial charge in [-0.05, 0) is 44.0 Å². The molecule has 0 saturated carbocycles. The molecule has 0 aliphatic heterocycles. The van der Waals surface area contributed by atoms with Crippen LogP contribution in [0.15, 0.2) is 17.0 Å². The molecule has 1 aromatic carbocycles. The normalized spacial score (nSPS) is 13.2. The Hall–Kier alpha value is -1.44. The fourth-order valence-electron chi connectivity index (χ4n) is 1.37. The molecule has 1 aromatic rings. The van der Waals surface area contributed by atoms with E-state index in [0.717, 1.165) is 11.1 Å². The molecule has 0 radical (unpaired) electrons. The number of primary sulfonamides is 1. The molecule has 18 heavy (non-hydrogen) atoms. The van der Waals surface area contributed by atoms with Gasteiger partial charge in [0.15, 0.2) is 0 Å². The molecule has 0 heterocycles. The van der Waals surface area contributed by atoms with Crippen LogP contribution in [0.3, 0.4) is 0 Å². The van der Waals surface area contributed by atoms with Crippen LogP contribution >= 0.6 is 0 Å². The number of benzene rings is 1. The van der Waals surface area contributed by atoms with Gasteiger partial charge in [-0.25, -0.2) is 13.6 Å². The zero-order chi connectivity index (χ0) is 14.1. The van der Waals surface area contributed by atoms with Crippen molar-refractivity contribution >= 4 is 21.6 Å². The molecular weight excluding hydrogens is 254 g/mol. The maximum absolute atomic E-state index is 11.5. The number of carbonyl (C=O) groups is 1. The van der Waals surface area contributed by atoms with Gasteiger partial charge in [0.1, 0.15) is 0 Å². The van der Waals surface area contributed by atoms with Gasteiger partial charge in [-0.15, -0.1) is 0 Å². The van der Waals surface area contributed by atoms with Gasteiger partial charge in [-0.3, -0.25) is 4.79 Å². The van der Waals surface area contributed by atoms with E-state index in [4.69, 9.17) is 10.9 Å². The van der Waals surface area contributed by atoms with Crippen LogP contribution < -0.4 is 16.2 Å². The van der Waals surface area contributed by atoms with E-state index >= 15 is 0 Å². The Morgan fingerprint density at radius 1 is 1.33 bits per heavy atom. The summed E-state index contributed by atoms with van der Waals surface area (Å²) in [7, 11) is -3.80. The van der Waals surface area contributed by atoms with E-state index in [1.807, 2.05) is 0 Å². The van der Waals surface area contributed by atoms with Crippen molar-refractivity contribution in [2.75, 3.05) is 5.32 Å². The number of aryl methyl sites for hydroxylation is 1. The van der Waals surface area contributed by atoms with Crippen LogP contribution in [0.25, 0.3) is 0 Å². The van der Waals surface area contributed by atoms with Crippen LogP contribution in [-0.4, -0.2) is 20.4 Å². The first kappa shape index (κ1) is 14.6. The molecule has 0 aliphatic carbocycles. The van der Waals surface area contributed by atoms with Crippen molar-refractivity contribution < 1.29 is 13.2 Å². The summed E-state index contributed by atoms with van der Waals surface area (Å²) in [6.07, 6.45) is 0. The second kappa shape index (κ2) is 5.05. The number of nitrogens with two attached hydrogens (primary N) is 2. The van der Waals surface area contributed by atoms with Gasteiger partial charge in [0.2, 0.25) is 15.9 Å².